The molecule has 0 heterocycles. The van der Waals surface area contributed by atoms with Gasteiger partial charge in [0.15, 0.2) is 0 Å². The lowest BCUT2D eigenvalue weighted by Crippen LogP contribution is -2.05. The van der Waals surface area contributed by atoms with Gasteiger partial charge in [0.1, 0.15) is 0 Å². The molecule has 1 unspecified atom stereocenters. The van der Waals surface area contributed by atoms with Crippen molar-refractivity contribution in [2.45, 2.75) is 19.4 Å². The molecule has 10 heavy (non-hydrogen) atoms. The van der Waals surface area contributed by atoms with Crippen LogP contribution in [-0.2, 0) is 8.37 Å². The van der Waals surface area contributed by atoms with Gasteiger partial charge in [0.25, 0.3) is 0 Å². The third-order valence-corrected chi connectivity index (χ3v) is 1.91. The molecule has 0 radical (unpaired) electrons. The van der Waals surface area contributed by atoms with Crippen LogP contribution in [0, 0.1) is 0 Å². The van der Waals surface area contributed by atoms with Crippen LogP contribution in [0.3, 0.4) is 0 Å². The smallest absolute Gasteiger partial charge is 0.0716 e. The monoisotopic (exact) mass is 182 g/mol. The maximum atomic E-state index is 5.22. The molecule has 0 aliphatic carbocycles. The Bertz CT molecular complexity index is 70.8. The highest BCUT2D eigenvalue weighted by molar-refractivity contribution is 7.94. The SMILES string of the molecule is CSOCCC(C)OSC. The minimum absolute atomic E-state index is 0.294. The van der Waals surface area contributed by atoms with Gasteiger partial charge in [-0.2, -0.15) is 0 Å². The van der Waals surface area contributed by atoms with Crippen molar-refractivity contribution >= 4 is 24.1 Å². The highest BCUT2D eigenvalue weighted by Gasteiger charge is 1.99. The summed E-state index contributed by atoms with van der Waals surface area (Å²) in [6, 6.07) is 0. The quantitative estimate of drug-likeness (QED) is 0.463. The van der Waals surface area contributed by atoms with Crippen LogP contribution in [0.15, 0.2) is 0 Å². The number of hydrogen-bond acceptors (Lipinski definition) is 4. The lowest BCUT2D eigenvalue weighted by atomic mass is 10.3. The van der Waals surface area contributed by atoms with E-state index in [4.69, 9.17) is 8.37 Å². The maximum Gasteiger partial charge on any atom is 0.0716 e. The highest BCUT2D eigenvalue weighted by Crippen LogP contribution is 2.07. The Balaban J connectivity index is 2.97. The summed E-state index contributed by atoms with van der Waals surface area (Å²) in [7, 11) is 0. The summed E-state index contributed by atoms with van der Waals surface area (Å²) in [5.41, 5.74) is 0. The first-order valence-electron chi connectivity index (χ1n) is 3.16. The molecule has 0 N–H and O–H groups in total. The van der Waals surface area contributed by atoms with Crippen LogP contribution >= 0.6 is 24.1 Å². The van der Waals surface area contributed by atoms with Gasteiger partial charge in [-0.25, -0.2) is 0 Å². The molecule has 1 atom stereocenters. The Morgan fingerprint density at radius 2 is 2.00 bits per heavy atom. The molecular formula is C6H14O2S2. The van der Waals surface area contributed by atoms with Crippen molar-refractivity contribution in [2.75, 3.05) is 19.1 Å². The molecule has 0 aliphatic heterocycles. The van der Waals surface area contributed by atoms with E-state index in [1.54, 1.807) is 0 Å². The number of rotatable bonds is 6. The second-order valence-corrected chi connectivity index (χ2v) is 2.95. The highest BCUT2D eigenvalue weighted by atomic mass is 32.2. The molecule has 0 aromatic rings. The Morgan fingerprint density at radius 3 is 2.50 bits per heavy atom. The zero-order chi connectivity index (χ0) is 7.82. The standard InChI is InChI=1S/C6H14O2S2/c1-6(8-10-3)4-5-7-9-2/h6H,4-5H2,1-3H3. The fourth-order valence-electron chi connectivity index (χ4n) is 0.510. The molecule has 0 aliphatic rings. The van der Waals surface area contributed by atoms with Gasteiger partial charge in [-0.15, -0.1) is 0 Å². The second-order valence-electron chi connectivity index (χ2n) is 1.85. The summed E-state index contributed by atoms with van der Waals surface area (Å²) in [5, 5.41) is 0. The first-order chi connectivity index (χ1) is 4.81. The van der Waals surface area contributed by atoms with E-state index in [0.29, 0.717) is 6.10 Å². The molecule has 2 nitrogen and oxygen atoms in total. The van der Waals surface area contributed by atoms with Gasteiger partial charge >= 0.3 is 0 Å². The molecule has 62 valence electrons. The van der Waals surface area contributed by atoms with Crippen molar-refractivity contribution in [3.05, 3.63) is 0 Å². The summed E-state index contributed by atoms with van der Waals surface area (Å²) in [5.74, 6) is 0. The van der Waals surface area contributed by atoms with Crippen LogP contribution < -0.4 is 0 Å². The maximum absolute atomic E-state index is 5.22. The Labute approximate surface area is 71.5 Å². The van der Waals surface area contributed by atoms with Crippen LogP contribution in [-0.4, -0.2) is 25.2 Å². The molecule has 0 bridgehead atoms. The van der Waals surface area contributed by atoms with E-state index in [1.165, 1.54) is 24.1 Å². The van der Waals surface area contributed by atoms with E-state index in [0.717, 1.165) is 13.0 Å². The Morgan fingerprint density at radius 1 is 1.30 bits per heavy atom. The van der Waals surface area contributed by atoms with Gasteiger partial charge in [-0.05, 0) is 37.4 Å². The molecule has 0 spiro atoms. The van der Waals surface area contributed by atoms with Gasteiger partial charge < -0.3 is 8.37 Å². The molecule has 0 amide bonds. The van der Waals surface area contributed by atoms with E-state index in [1.807, 2.05) is 19.4 Å². The van der Waals surface area contributed by atoms with Crippen LogP contribution in [0.2, 0.25) is 0 Å². The average Bonchev–Trinajstić information content (AvgIpc) is 1.89. The lowest BCUT2D eigenvalue weighted by Gasteiger charge is -2.08. The van der Waals surface area contributed by atoms with Crippen LogP contribution in [0.1, 0.15) is 13.3 Å². The van der Waals surface area contributed by atoms with Crippen molar-refractivity contribution in [3.63, 3.8) is 0 Å². The molecule has 0 fully saturated rings. The van der Waals surface area contributed by atoms with E-state index in [9.17, 15) is 0 Å². The van der Waals surface area contributed by atoms with Gasteiger partial charge in [-0.1, -0.05) is 0 Å². The minimum Gasteiger partial charge on any atom is -0.315 e. The summed E-state index contributed by atoms with van der Waals surface area (Å²) in [6.45, 7) is 2.81. The predicted molar refractivity (Wildman–Crippen MR) is 48.1 cm³/mol. The van der Waals surface area contributed by atoms with Gasteiger partial charge in [0, 0.05) is 12.5 Å². The summed E-state index contributed by atoms with van der Waals surface area (Å²) in [4.78, 5) is 0. The largest absolute Gasteiger partial charge is 0.315 e. The summed E-state index contributed by atoms with van der Waals surface area (Å²) >= 11 is 2.80. The molecule has 0 saturated heterocycles. The first kappa shape index (κ1) is 10.6. The summed E-state index contributed by atoms with van der Waals surface area (Å²) < 4.78 is 10.3. The molecule has 0 aromatic heterocycles. The molecule has 0 aromatic carbocycles. The molecular weight excluding hydrogens is 168 g/mol. The Hall–Kier alpha value is 0.620. The normalized spacial score (nSPS) is 13.5. The predicted octanol–water partition coefficient (Wildman–Crippen LogP) is 2.35. The van der Waals surface area contributed by atoms with Gasteiger partial charge in [0.2, 0.25) is 0 Å². The lowest BCUT2D eigenvalue weighted by molar-refractivity contribution is 0.217. The van der Waals surface area contributed by atoms with Crippen molar-refractivity contribution in [3.8, 4) is 0 Å². The Kier molecular flexibility index (Phi) is 8.20. The summed E-state index contributed by atoms with van der Waals surface area (Å²) in [6.07, 6.45) is 5.09. The fraction of sp³-hybridized carbons (Fsp3) is 1.00. The van der Waals surface area contributed by atoms with E-state index in [-0.39, 0.29) is 0 Å². The van der Waals surface area contributed by atoms with E-state index in [2.05, 4.69) is 0 Å². The third kappa shape index (κ3) is 6.74. The van der Waals surface area contributed by atoms with Crippen molar-refractivity contribution in [1.29, 1.82) is 0 Å². The van der Waals surface area contributed by atoms with Crippen LogP contribution in [0.25, 0.3) is 0 Å². The number of hydrogen-bond donors (Lipinski definition) is 0. The molecule has 0 saturated carbocycles. The van der Waals surface area contributed by atoms with Crippen molar-refractivity contribution in [2.24, 2.45) is 0 Å². The van der Waals surface area contributed by atoms with Gasteiger partial charge in [-0.3, -0.25) is 0 Å². The van der Waals surface area contributed by atoms with Crippen molar-refractivity contribution in [1.82, 2.24) is 0 Å². The fourth-order valence-corrected chi connectivity index (χ4v) is 1.20. The first-order valence-corrected chi connectivity index (χ1v) is 5.46. The zero-order valence-corrected chi connectivity index (χ0v) is 8.26. The third-order valence-electron chi connectivity index (χ3n) is 0.986. The van der Waals surface area contributed by atoms with Crippen LogP contribution in [0.5, 0.6) is 0 Å². The average molecular weight is 182 g/mol. The second kappa shape index (κ2) is 7.72. The van der Waals surface area contributed by atoms with Crippen LogP contribution in [0.4, 0.5) is 0 Å². The minimum atomic E-state index is 0.294. The zero-order valence-electron chi connectivity index (χ0n) is 6.62. The van der Waals surface area contributed by atoms with E-state index < -0.39 is 0 Å². The van der Waals surface area contributed by atoms with E-state index >= 15 is 0 Å². The van der Waals surface area contributed by atoms with Gasteiger partial charge in [0.05, 0.1) is 12.7 Å². The molecule has 4 heteroatoms. The molecule has 0 rings (SSSR count). The topological polar surface area (TPSA) is 18.5 Å². The van der Waals surface area contributed by atoms with Crippen molar-refractivity contribution < 1.29 is 8.37 Å².